The molecule has 2 heteroatoms. The van der Waals surface area contributed by atoms with Crippen LogP contribution in [0.25, 0.3) is 55.3 Å². The van der Waals surface area contributed by atoms with E-state index < -0.39 is 0 Å². The van der Waals surface area contributed by atoms with E-state index in [2.05, 4.69) is 163 Å². The van der Waals surface area contributed by atoms with Gasteiger partial charge in [-0.15, -0.1) is 0 Å². The molecule has 2 fully saturated rings. The van der Waals surface area contributed by atoms with Crippen LogP contribution in [0.3, 0.4) is 0 Å². The Morgan fingerprint density at radius 1 is 0.490 bits per heavy atom. The third-order valence-electron chi connectivity index (χ3n) is 12.4. The molecule has 2 nitrogen and oxygen atoms in total. The minimum Gasteiger partial charge on any atom is -0.455 e. The number of hydrogen-bond donors (Lipinski definition) is 0. The van der Waals surface area contributed by atoms with Crippen LogP contribution in [0.4, 0.5) is 17.1 Å². The molecule has 2 saturated carbocycles. The van der Waals surface area contributed by atoms with Gasteiger partial charge in [0.2, 0.25) is 0 Å². The van der Waals surface area contributed by atoms with Gasteiger partial charge in [0.25, 0.3) is 0 Å². The maximum absolute atomic E-state index is 6.43. The Hall–Kier alpha value is -5.86. The number of benzene rings is 7. The second kappa shape index (κ2) is 11.1. The van der Waals surface area contributed by atoms with Crippen LogP contribution in [-0.2, 0) is 5.41 Å². The first-order valence-electron chi connectivity index (χ1n) is 18.5. The molecule has 3 unspecified atom stereocenters. The number of nitrogens with zero attached hydrogens (tertiary/aromatic N) is 1. The van der Waals surface area contributed by atoms with E-state index in [1.165, 1.54) is 59.2 Å². The van der Waals surface area contributed by atoms with Gasteiger partial charge in [0, 0.05) is 38.8 Å². The van der Waals surface area contributed by atoms with Crippen LogP contribution in [0.15, 0.2) is 168 Å². The maximum atomic E-state index is 6.43. The minimum absolute atomic E-state index is 0.128. The van der Waals surface area contributed by atoms with Gasteiger partial charge in [-0.2, -0.15) is 0 Å². The number of fused-ring (bicyclic) bond motifs is 11. The summed E-state index contributed by atoms with van der Waals surface area (Å²) in [6.07, 6.45) is 5.37. The van der Waals surface area contributed by atoms with E-state index in [-0.39, 0.29) is 5.41 Å². The predicted molar refractivity (Wildman–Crippen MR) is 211 cm³/mol. The Kier molecular flexibility index (Phi) is 6.28. The Labute approximate surface area is 298 Å². The van der Waals surface area contributed by atoms with Gasteiger partial charge in [0.05, 0.1) is 0 Å². The molecule has 3 aliphatic carbocycles. The van der Waals surface area contributed by atoms with E-state index in [1.807, 2.05) is 6.07 Å². The highest BCUT2D eigenvalue weighted by molar-refractivity contribution is 6.09. The van der Waals surface area contributed by atoms with Crippen LogP contribution in [0.5, 0.6) is 0 Å². The molecule has 1 spiro atoms. The van der Waals surface area contributed by atoms with Crippen LogP contribution < -0.4 is 4.90 Å². The lowest BCUT2D eigenvalue weighted by Crippen LogP contribution is -2.32. The molecule has 51 heavy (non-hydrogen) atoms. The molecule has 0 amide bonds. The smallest absolute Gasteiger partial charge is 0.143 e. The van der Waals surface area contributed by atoms with Crippen LogP contribution in [0.1, 0.15) is 36.8 Å². The van der Waals surface area contributed by atoms with Crippen molar-refractivity contribution in [3.8, 4) is 33.4 Å². The highest BCUT2D eigenvalue weighted by Crippen LogP contribution is 2.66. The molecule has 1 aromatic heterocycles. The summed E-state index contributed by atoms with van der Waals surface area (Å²) in [6.45, 7) is 0. The number of rotatable bonds is 5. The monoisotopic (exact) mass is 655 g/mol. The van der Waals surface area contributed by atoms with Gasteiger partial charge < -0.3 is 9.32 Å². The van der Waals surface area contributed by atoms with Crippen molar-refractivity contribution in [1.29, 1.82) is 0 Å². The lowest BCUT2D eigenvalue weighted by molar-refractivity contribution is 0.327. The summed E-state index contributed by atoms with van der Waals surface area (Å²) in [7, 11) is 0. The molecule has 0 saturated heterocycles. The third kappa shape index (κ3) is 4.29. The summed E-state index contributed by atoms with van der Waals surface area (Å²) >= 11 is 0. The average Bonchev–Trinajstić information content (AvgIpc) is 3.98. The summed E-state index contributed by atoms with van der Waals surface area (Å²) < 4.78 is 6.43. The molecule has 3 aliphatic rings. The van der Waals surface area contributed by atoms with Crippen LogP contribution in [-0.4, -0.2) is 0 Å². The lowest BCUT2D eigenvalue weighted by atomic mass is 9.67. The zero-order valence-corrected chi connectivity index (χ0v) is 28.4. The fourth-order valence-electron chi connectivity index (χ4n) is 10.2. The van der Waals surface area contributed by atoms with Gasteiger partial charge in [-0.1, -0.05) is 128 Å². The summed E-state index contributed by atoms with van der Waals surface area (Å²) in [5, 5.41) is 2.31. The molecule has 11 rings (SSSR count). The van der Waals surface area contributed by atoms with Gasteiger partial charge in [-0.25, -0.2) is 0 Å². The lowest BCUT2D eigenvalue weighted by Gasteiger charge is -2.37. The van der Waals surface area contributed by atoms with Gasteiger partial charge >= 0.3 is 0 Å². The molecule has 0 radical (unpaired) electrons. The van der Waals surface area contributed by atoms with Gasteiger partial charge in [0.1, 0.15) is 11.2 Å². The Balaban J connectivity index is 1.05. The first-order chi connectivity index (χ1) is 25.2. The first-order valence-corrected chi connectivity index (χ1v) is 18.5. The van der Waals surface area contributed by atoms with E-state index in [4.69, 9.17) is 4.42 Å². The third-order valence-corrected chi connectivity index (χ3v) is 12.4. The van der Waals surface area contributed by atoms with Crippen molar-refractivity contribution in [1.82, 2.24) is 0 Å². The summed E-state index contributed by atoms with van der Waals surface area (Å²) in [5.41, 5.74) is 16.2. The molecule has 244 valence electrons. The van der Waals surface area contributed by atoms with Crippen LogP contribution >= 0.6 is 0 Å². The molecule has 0 N–H and O–H groups in total. The molecule has 2 bridgehead atoms. The number of anilines is 3. The number of para-hydroxylation sites is 2. The molecular weight excluding hydrogens is 619 g/mol. The van der Waals surface area contributed by atoms with Gasteiger partial charge in [-0.3, -0.25) is 0 Å². The second-order valence-electron chi connectivity index (χ2n) is 14.9. The molecule has 8 aromatic rings. The molecule has 7 aromatic carbocycles. The van der Waals surface area contributed by atoms with Crippen molar-refractivity contribution in [3.05, 3.63) is 175 Å². The van der Waals surface area contributed by atoms with Crippen molar-refractivity contribution < 1.29 is 4.42 Å². The first kappa shape index (κ1) is 28.9. The number of hydrogen-bond acceptors (Lipinski definition) is 2. The summed E-state index contributed by atoms with van der Waals surface area (Å²) in [4.78, 5) is 2.45. The molecule has 1 heterocycles. The van der Waals surface area contributed by atoms with Gasteiger partial charge in [-0.05, 0) is 113 Å². The Morgan fingerprint density at radius 3 is 1.92 bits per heavy atom. The SMILES string of the molecule is c1ccc(-c2ccc(N(c3ccc(-c4cccc5c4oc4ccccc45)cc3)c3ccc4c(c3)C3(CC5CCC3C5)c3ccccc3-4)cc2)cc1. The van der Waals surface area contributed by atoms with Crippen molar-refractivity contribution in [2.45, 2.75) is 31.1 Å². The maximum Gasteiger partial charge on any atom is 0.143 e. The fourth-order valence-corrected chi connectivity index (χ4v) is 10.2. The second-order valence-corrected chi connectivity index (χ2v) is 14.9. The summed E-state index contributed by atoms with van der Waals surface area (Å²) in [5.74, 6) is 1.56. The topological polar surface area (TPSA) is 16.4 Å². The van der Waals surface area contributed by atoms with Gasteiger partial charge in [0.15, 0.2) is 0 Å². The van der Waals surface area contributed by atoms with E-state index in [9.17, 15) is 0 Å². The quantitative estimate of drug-likeness (QED) is 0.183. The van der Waals surface area contributed by atoms with Crippen molar-refractivity contribution in [2.24, 2.45) is 11.8 Å². The Morgan fingerprint density at radius 2 is 1.14 bits per heavy atom. The van der Waals surface area contributed by atoms with Crippen LogP contribution in [0, 0.1) is 11.8 Å². The average molecular weight is 656 g/mol. The van der Waals surface area contributed by atoms with Crippen molar-refractivity contribution in [3.63, 3.8) is 0 Å². The van der Waals surface area contributed by atoms with E-state index >= 15 is 0 Å². The highest BCUT2D eigenvalue weighted by atomic mass is 16.3. The van der Waals surface area contributed by atoms with E-state index in [0.717, 1.165) is 56.3 Å². The van der Waals surface area contributed by atoms with Crippen LogP contribution in [0.2, 0.25) is 0 Å². The Bertz CT molecular complexity index is 2600. The fraction of sp³-hybridized carbons (Fsp3) is 0.143. The molecule has 3 atom stereocenters. The van der Waals surface area contributed by atoms with Crippen molar-refractivity contribution >= 4 is 39.0 Å². The zero-order valence-electron chi connectivity index (χ0n) is 28.4. The summed E-state index contributed by atoms with van der Waals surface area (Å²) in [6, 6.07) is 60.1. The van der Waals surface area contributed by atoms with E-state index in [1.54, 1.807) is 5.56 Å². The number of furan rings is 1. The predicted octanol–water partition coefficient (Wildman–Crippen LogP) is 13.5. The largest absolute Gasteiger partial charge is 0.455 e. The standard InChI is InChI=1S/C49H37NO/c1-2-9-33(10-3-1)34-18-23-37(24-19-34)50(38-25-20-35(21-26-38)40-13-8-14-44-43-12-5-7-16-47(43)51-48(40)44)39-27-28-42-41-11-4-6-15-45(41)49(46(42)30-39)31-32-17-22-36(49)29-32/h1-16,18-21,23-28,30,32,36H,17,22,29,31H2. The highest BCUT2D eigenvalue weighted by Gasteiger charge is 2.56. The molecule has 0 aliphatic heterocycles. The minimum atomic E-state index is 0.128. The van der Waals surface area contributed by atoms with Crippen molar-refractivity contribution in [2.75, 3.05) is 4.90 Å². The van der Waals surface area contributed by atoms with E-state index in [0.29, 0.717) is 0 Å². The normalized spacial score (nSPS) is 19.9. The zero-order chi connectivity index (χ0) is 33.5. The molecular formula is C49H37NO.